The highest BCUT2D eigenvalue weighted by atomic mass is 32.1. The van der Waals surface area contributed by atoms with Crippen LogP contribution >= 0.6 is 11.3 Å². The molecular formula is C14H14N2OS. The number of aromatic nitrogens is 1. The molecule has 1 saturated carbocycles. The number of benzene rings is 1. The minimum atomic E-state index is -0.280. The van der Waals surface area contributed by atoms with E-state index in [1.54, 1.807) is 17.4 Å². The minimum absolute atomic E-state index is 0.280. The van der Waals surface area contributed by atoms with Crippen LogP contribution in [0.2, 0.25) is 0 Å². The molecule has 2 aromatic rings. The van der Waals surface area contributed by atoms with E-state index in [0.717, 1.165) is 28.9 Å². The Bertz CT molecular complexity index is 649. The molecule has 1 aromatic carbocycles. The fourth-order valence-corrected chi connectivity index (χ4v) is 3.16. The Kier molecular flexibility index (Phi) is 2.58. The summed E-state index contributed by atoms with van der Waals surface area (Å²) in [5.74, 6) is 0.453. The lowest BCUT2D eigenvalue weighted by atomic mass is 10.1. The van der Waals surface area contributed by atoms with Gasteiger partial charge in [0.25, 0.3) is 0 Å². The van der Waals surface area contributed by atoms with Crippen molar-refractivity contribution < 1.29 is 4.79 Å². The molecule has 92 valence electrons. The summed E-state index contributed by atoms with van der Waals surface area (Å²) in [5, 5.41) is 1.16. The zero-order chi connectivity index (χ0) is 12.8. The maximum atomic E-state index is 10.5. The van der Waals surface area contributed by atoms with Crippen LogP contribution in [0.25, 0.3) is 10.2 Å². The number of rotatable bonds is 3. The molecule has 18 heavy (non-hydrogen) atoms. The van der Waals surface area contributed by atoms with Crippen LogP contribution in [-0.4, -0.2) is 11.1 Å². The molecule has 0 spiro atoms. The average Bonchev–Trinajstić information content (AvgIpc) is 3.00. The van der Waals surface area contributed by atoms with Gasteiger partial charge in [0.15, 0.2) is 0 Å². The predicted octanol–water partition coefficient (Wildman–Crippen LogP) is 3.74. The average molecular weight is 258 g/mol. The van der Waals surface area contributed by atoms with E-state index < -0.39 is 0 Å². The third kappa shape index (κ3) is 1.78. The zero-order valence-electron chi connectivity index (χ0n) is 10.4. The fraction of sp³-hybridized carbons (Fsp3) is 0.429. The largest absolute Gasteiger partial charge is 0.241 e. The van der Waals surface area contributed by atoms with E-state index in [1.165, 1.54) is 4.70 Å². The standard InChI is InChI=1S/C14H14N2OS/c1-9(2)13-16-11-4-3-10(7-12(11)18-13)14(5-6-14)15-8-17/h3-4,7,9H,5-6H2,1-2H3. The van der Waals surface area contributed by atoms with Crippen molar-refractivity contribution in [2.24, 2.45) is 4.99 Å². The lowest BCUT2D eigenvalue weighted by Crippen LogP contribution is -2.01. The lowest BCUT2D eigenvalue weighted by molar-refractivity contribution is 0.556. The quantitative estimate of drug-likeness (QED) is 0.621. The summed E-state index contributed by atoms with van der Waals surface area (Å²) in [6.07, 6.45) is 3.60. The van der Waals surface area contributed by atoms with Gasteiger partial charge in [0.1, 0.15) is 0 Å². The second-order valence-corrected chi connectivity index (χ2v) is 6.19. The second kappa shape index (κ2) is 4.01. The number of hydrogen-bond acceptors (Lipinski definition) is 4. The van der Waals surface area contributed by atoms with Crippen molar-refractivity contribution in [3.63, 3.8) is 0 Å². The van der Waals surface area contributed by atoms with Gasteiger partial charge in [-0.25, -0.2) is 9.78 Å². The van der Waals surface area contributed by atoms with Gasteiger partial charge in [0.2, 0.25) is 6.08 Å². The van der Waals surface area contributed by atoms with Crippen molar-refractivity contribution in [2.75, 3.05) is 0 Å². The first-order chi connectivity index (χ1) is 8.64. The first-order valence-electron chi connectivity index (χ1n) is 6.15. The van der Waals surface area contributed by atoms with E-state index >= 15 is 0 Å². The van der Waals surface area contributed by atoms with Crippen LogP contribution in [0, 0.1) is 0 Å². The molecule has 1 fully saturated rings. The summed E-state index contributed by atoms with van der Waals surface area (Å²) in [7, 11) is 0. The molecule has 0 bridgehead atoms. The monoisotopic (exact) mass is 258 g/mol. The van der Waals surface area contributed by atoms with Gasteiger partial charge >= 0.3 is 0 Å². The Morgan fingerprint density at radius 3 is 2.83 bits per heavy atom. The number of thiazole rings is 1. The van der Waals surface area contributed by atoms with Gasteiger partial charge in [-0.2, -0.15) is 4.99 Å². The van der Waals surface area contributed by atoms with Crippen molar-refractivity contribution >= 4 is 27.6 Å². The van der Waals surface area contributed by atoms with Crippen molar-refractivity contribution in [1.82, 2.24) is 4.98 Å². The smallest absolute Gasteiger partial charge is 0.235 e. The molecule has 0 saturated heterocycles. The summed E-state index contributed by atoms with van der Waals surface area (Å²) >= 11 is 1.73. The molecule has 0 radical (unpaired) electrons. The molecule has 0 N–H and O–H groups in total. The molecule has 3 nitrogen and oxygen atoms in total. The Morgan fingerprint density at radius 1 is 1.44 bits per heavy atom. The molecule has 0 atom stereocenters. The van der Waals surface area contributed by atoms with Crippen LogP contribution in [0.5, 0.6) is 0 Å². The molecule has 1 aliphatic carbocycles. The number of aliphatic imine (C=N–C) groups is 1. The predicted molar refractivity (Wildman–Crippen MR) is 72.7 cm³/mol. The Hall–Kier alpha value is -1.51. The molecule has 1 aromatic heterocycles. The van der Waals surface area contributed by atoms with Crippen molar-refractivity contribution in [3.8, 4) is 0 Å². The molecule has 0 aliphatic heterocycles. The van der Waals surface area contributed by atoms with Crippen LogP contribution in [0.3, 0.4) is 0 Å². The van der Waals surface area contributed by atoms with Gasteiger partial charge in [-0.15, -0.1) is 11.3 Å². The molecule has 3 rings (SSSR count). The Morgan fingerprint density at radius 2 is 2.22 bits per heavy atom. The van der Waals surface area contributed by atoms with E-state index in [-0.39, 0.29) is 5.54 Å². The Balaban J connectivity index is 2.08. The number of hydrogen-bond donors (Lipinski definition) is 0. The SMILES string of the molecule is CC(C)c1nc2ccc(C3(N=C=O)CC3)cc2s1. The van der Waals surface area contributed by atoms with Gasteiger partial charge in [-0.1, -0.05) is 19.9 Å². The summed E-state index contributed by atoms with van der Waals surface area (Å²) in [4.78, 5) is 19.1. The lowest BCUT2D eigenvalue weighted by Gasteiger charge is -2.06. The van der Waals surface area contributed by atoms with Gasteiger partial charge in [0, 0.05) is 5.92 Å². The molecular weight excluding hydrogens is 244 g/mol. The van der Waals surface area contributed by atoms with Gasteiger partial charge in [-0.05, 0) is 30.5 Å². The molecule has 0 amide bonds. The van der Waals surface area contributed by atoms with Crippen LogP contribution in [0.1, 0.15) is 43.2 Å². The van der Waals surface area contributed by atoms with E-state index in [0.29, 0.717) is 5.92 Å². The van der Waals surface area contributed by atoms with Crippen molar-refractivity contribution in [2.45, 2.75) is 38.1 Å². The topological polar surface area (TPSA) is 42.3 Å². The van der Waals surface area contributed by atoms with E-state index in [1.807, 2.05) is 12.1 Å². The molecule has 1 aliphatic rings. The first kappa shape index (κ1) is 11.6. The van der Waals surface area contributed by atoms with E-state index in [2.05, 4.69) is 29.9 Å². The van der Waals surface area contributed by atoms with Gasteiger partial charge in [-0.3, -0.25) is 0 Å². The highest BCUT2D eigenvalue weighted by Gasteiger charge is 2.44. The molecule has 0 unspecified atom stereocenters. The van der Waals surface area contributed by atoms with Crippen molar-refractivity contribution in [1.29, 1.82) is 0 Å². The summed E-state index contributed by atoms with van der Waals surface area (Å²) in [5.41, 5.74) is 1.88. The Labute approximate surface area is 110 Å². The fourth-order valence-electron chi connectivity index (χ4n) is 2.15. The normalized spacial score (nSPS) is 16.8. The van der Waals surface area contributed by atoms with Crippen LogP contribution in [0.15, 0.2) is 23.2 Å². The summed E-state index contributed by atoms with van der Waals surface area (Å²) in [6.45, 7) is 4.30. The van der Waals surface area contributed by atoms with E-state index in [4.69, 9.17) is 0 Å². The summed E-state index contributed by atoms with van der Waals surface area (Å²) in [6, 6.07) is 6.21. The number of isocyanates is 1. The molecule has 4 heteroatoms. The second-order valence-electron chi connectivity index (χ2n) is 5.12. The summed E-state index contributed by atoms with van der Waals surface area (Å²) < 4.78 is 1.18. The first-order valence-corrected chi connectivity index (χ1v) is 6.96. The number of carbonyl (C=O) groups excluding carboxylic acids is 1. The maximum Gasteiger partial charge on any atom is 0.235 e. The van der Waals surface area contributed by atoms with Crippen LogP contribution in [-0.2, 0) is 10.3 Å². The third-order valence-electron chi connectivity index (χ3n) is 3.42. The number of nitrogens with zero attached hydrogens (tertiary/aromatic N) is 2. The highest BCUT2D eigenvalue weighted by molar-refractivity contribution is 7.18. The zero-order valence-corrected chi connectivity index (χ0v) is 11.3. The number of fused-ring (bicyclic) bond motifs is 1. The van der Waals surface area contributed by atoms with E-state index in [9.17, 15) is 4.79 Å². The minimum Gasteiger partial charge on any atom is -0.241 e. The highest BCUT2D eigenvalue weighted by Crippen LogP contribution is 2.50. The van der Waals surface area contributed by atoms with Crippen molar-refractivity contribution in [3.05, 3.63) is 28.8 Å². The van der Waals surface area contributed by atoms with Gasteiger partial charge < -0.3 is 0 Å². The molecule has 1 heterocycles. The van der Waals surface area contributed by atoms with Gasteiger partial charge in [0.05, 0.1) is 20.8 Å². The van der Waals surface area contributed by atoms with Crippen LogP contribution < -0.4 is 0 Å². The third-order valence-corrected chi connectivity index (χ3v) is 4.74. The maximum absolute atomic E-state index is 10.5. The van der Waals surface area contributed by atoms with Crippen LogP contribution in [0.4, 0.5) is 0 Å².